The standard InChI is InChI=1S/C15H11N3O2/c19-15-12(8-10-4-3-7-20-10)17-14-9-16-11-5-1-2-6-13(11)18(14)15/h1-7,9,16H,8H2. The van der Waals surface area contributed by atoms with E-state index in [1.54, 1.807) is 23.1 Å². The Morgan fingerprint density at radius 3 is 2.95 bits per heavy atom. The Bertz CT molecular complexity index is 903. The van der Waals surface area contributed by atoms with Crippen LogP contribution in [0.25, 0.3) is 16.9 Å². The highest BCUT2D eigenvalue weighted by atomic mass is 16.3. The molecule has 0 atom stereocenters. The highest BCUT2D eigenvalue weighted by Crippen LogP contribution is 2.17. The molecule has 98 valence electrons. The van der Waals surface area contributed by atoms with E-state index < -0.39 is 0 Å². The molecule has 2 aliphatic heterocycles. The number of rotatable bonds is 2. The first-order valence-electron chi connectivity index (χ1n) is 6.33. The predicted molar refractivity (Wildman–Crippen MR) is 74.4 cm³/mol. The van der Waals surface area contributed by atoms with Crippen molar-refractivity contribution in [2.45, 2.75) is 6.42 Å². The Morgan fingerprint density at radius 2 is 2.10 bits per heavy atom. The first-order valence-corrected chi connectivity index (χ1v) is 6.33. The van der Waals surface area contributed by atoms with Crippen molar-refractivity contribution in [2.75, 3.05) is 0 Å². The summed E-state index contributed by atoms with van der Waals surface area (Å²) in [5, 5.41) is 0. The molecule has 4 rings (SSSR count). The molecule has 0 aliphatic carbocycles. The second kappa shape index (κ2) is 4.09. The Kier molecular flexibility index (Phi) is 2.26. The van der Waals surface area contributed by atoms with E-state index in [-0.39, 0.29) is 5.56 Å². The maximum Gasteiger partial charge on any atom is 0.279 e. The van der Waals surface area contributed by atoms with Crippen LogP contribution in [0.15, 0.2) is 58.1 Å². The molecule has 5 heteroatoms. The molecule has 5 nitrogen and oxygen atoms in total. The molecule has 0 amide bonds. The zero-order valence-electron chi connectivity index (χ0n) is 10.5. The molecule has 3 heterocycles. The van der Waals surface area contributed by atoms with Gasteiger partial charge in [-0.2, -0.15) is 0 Å². The van der Waals surface area contributed by atoms with Crippen LogP contribution in [0.3, 0.4) is 0 Å². The lowest BCUT2D eigenvalue weighted by molar-refractivity contribution is 0.519. The van der Waals surface area contributed by atoms with E-state index in [1.807, 2.05) is 30.3 Å². The van der Waals surface area contributed by atoms with Gasteiger partial charge in [0.2, 0.25) is 0 Å². The van der Waals surface area contributed by atoms with E-state index in [1.165, 1.54) is 0 Å². The number of hydrogen-bond acceptors (Lipinski definition) is 3. The second-order valence-electron chi connectivity index (χ2n) is 4.62. The average Bonchev–Trinajstić information content (AvgIpc) is 3.08. The number of nitrogens with zero attached hydrogens (tertiary/aromatic N) is 2. The van der Waals surface area contributed by atoms with Gasteiger partial charge in [-0.25, -0.2) is 4.98 Å². The second-order valence-corrected chi connectivity index (χ2v) is 4.62. The molecular formula is C15H11N3O2. The summed E-state index contributed by atoms with van der Waals surface area (Å²) in [7, 11) is 0. The molecule has 0 saturated heterocycles. The SMILES string of the molecule is O=c1c(Cc2ccco2)nc2c[nH]c3ccccc3n1-2. The molecule has 0 saturated carbocycles. The van der Waals surface area contributed by atoms with E-state index in [4.69, 9.17) is 4.42 Å². The van der Waals surface area contributed by atoms with Crippen LogP contribution < -0.4 is 5.56 Å². The minimum absolute atomic E-state index is 0.0957. The molecule has 20 heavy (non-hydrogen) atoms. The predicted octanol–water partition coefficient (Wildman–Crippen LogP) is 2.34. The monoisotopic (exact) mass is 265 g/mol. The van der Waals surface area contributed by atoms with E-state index in [9.17, 15) is 4.79 Å². The molecule has 0 bridgehead atoms. The van der Waals surface area contributed by atoms with Gasteiger partial charge in [-0.1, -0.05) is 12.1 Å². The largest absolute Gasteiger partial charge is 0.469 e. The number of H-pyrrole nitrogens is 1. The summed E-state index contributed by atoms with van der Waals surface area (Å²) in [6, 6.07) is 11.3. The van der Waals surface area contributed by atoms with Gasteiger partial charge in [-0.3, -0.25) is 9.36 Å². The Hall–Kier alpha value is -2.82. The van der Waals surface area contributed by atoms with Crippen molar-refractivity contribution in [3.63, 3.8) is 0 Å². The maximum atomic E-state index is 12.5. The molecular weight excluding hydrogens is 254 g/mol. The molecule has 0 spiro atoms. The molecule has 1 aromatic heterocycles. The topological polar surface area (TPSA) is 63.8 Å². The van der Waals surface area contributed by atoms with Crippen LogP contribution in [0.5, 0.6) is 0 Å². The Morgan fingerprint density at radius 1 is 1.20 bits per heavy atom. The van der Waals surface area contributed by atoms with Crippen molar-refractivity contribution in [1.29, 1.82) is 0 Å². The van der Waals surface area contributed by atoms with E-state index >= 15 is 0 Å². The Balaban J connectivity index is 1.96. The fraction of sp³-hybridized carbons (Fsp3) is 0.0667. The van der Waals surface area contributed by atoms with Gasteiger partial charge >= 0.3 is 0 Å². The summed E-state index contributed by atoms with van der Waals surface area (Å²) in [5.74, 6) is 1.36. The summed E-state index contributed by atoms with van der Waals surface area (Å²) < 4.78 is 6.91. The van der Waals surface area contributed by atoms with Crippen molar-refractivity contribution in [2.24, 2.45) is 0 Å². The zero-order chi connectivity index (χ0) is 13.5. The van der Waals surface area contributed by atoms with Crippen molar-refractivity contribution in [1.82, 2.24) is 14.5 Å². The van der Waals surface area contributed by atoms with Gasteiger partial charge in [0.1, 0.15) is 11.5 Å². The quantitative estimate of drug-likeness (QED) is 0.605. The molecule has 0 unspecified atom stereocenters. The van der Waals surface area contributed by atoms with Crippen LogP contribution in [0.2, 0.25) is 0 Å². The van der Waals surface area contributed by atoms with Gasteiger partial charge in [-0.05, 0) is 24.3 Å². The maximum absolute atomic E-state index is 12.5. The average molecular weight is 265 g/mol. The van der Waals surface area contributed by atoms with Gasteiger partial charge in [0.15, 0.2) is 5.82 Å². The number of aromatic amines is 1. The number of imidazole rings is 1. The molecule has 0 radical (unpaired) electrons. The highest BCUT2D eigenvalue weighted by Gasteiger charge is 2.17. The van der Waals surface area contributed by atoms with Gasteiger partial charge in [0.25, 0.3) is 5.56 Å². The van der Waals surface area contributed by atoms with E-state index in [2.05, 4.69) is 9.97 Å². The van der Waals surface area contributed by atoms with E-state index in [0.717, 1.165) is 16.8 Å². The third kappa shape index (κ3) is 1.56. The minimum Gasteiger partial charge on any atom is -0.469 e. The van der Waals surface area contributed by atoms with Crippen molar-refractivity contribution < 1.29 is 4.42 Å². The van der Waals surface area contributed by atoms with Gasteiger partial charge in [-0.15, -0.1) is 0 Å². The van der Waals surface area contributed by atoms with E-state index in [0.29, 0.717) is 17.9 Å². The molecule has 2 aliphatic rings. The lowest BCUT2D eigenvalue weighted by Gasteiger charge is -2.05. The van der Waals surface area contributed by atoms with Crippen molar-refractivity contribution in [3.05, 3.63) is 70.7 Å². The van der Waals surface area contributed by atoms with Crippen LogP contribution in [0.1, 0.15) is 11.5 Å². The van der Waals surface area contributed by atoms with Gasteiger partial charge in [0, 0.05) is 6.20 Å². The first-order chi connectivity index (χ1) is 9.83. The number of nitrogens with one attached hydrogen (secondary N) is 1. The first kappa shape index (κ1) is 11.0. The normalized spacial score (nSPS) is 11.4. The number of furan rings is 1. The number of fused-ring (bicyclic) bond motifs is 3. The molecule has 0 fully saturated rings. The summed E-state index contributed by atoms with van der Waals surface area (Å²) in [6.45, 7) is 0. The fourth-order valence-corrected chi connectivity index (χ4v) is 2.43. The highest BCUT2D eigenvalue weighted by molar-refractivity contribution is 5.76. The third-order valence-corrected chi connectivity index (χ3v) is 3.35. The fourth-order valence-electron chi connectivity index (χ4n) is 2.43. The molecule has 1 aromatic carbocycles. The summed E-state index contributed by atoms with van der Waals surface area (Å²) in [6.07, 6.45) is 3.75. The van der Waals surface area contributed by atoms with Gasteiger partial charge < -0.3 is 9.40 Å². The number of benzene rings is 1. The lowest BCUT2D eigenvalue weighted by atomic mass is 10.2. The van der Waals surface area contributed by atoms with Crippen LogP contribution >= 0.6 is 0 Å². The smallest absolute Gasteiger partial charge is 0.279 e. The van der Waals surface area contributed by atoms with Crippen molar-refractivity contribution >= 4 is 11.0 Å². The van der Waals surface area contributed by atoms with Crippen LogP contribution in [0.4, 0.5) is 0 Å². The summed E-state index contributed by atoms with van der Waals surface area (Å²) >= 11 is 0. The number of hydrogen-bond donors (Lipinski definition) is 1. The van der Waals surface area contributed by atoms with Crippen LogP contribution in [-0.4, -0.2) is 14.5 Å². The third-order valence-electron chi connectivity index (χ3n) is 3.35. The van der Waals surface area contributed by atoms with Gasteiger partial charge in [0.05, 0.1) is 23.7 Å². The molecule has 1 N–H and O–H groups in total. The molecule has 2 aromatic rings. The zero-order valence-corrected chi connectivity index (χ0v) is 10.5. The number of para-hydroxylation sites is 2. The minimum atomic E-state index is -0.0957. The van der Waals surface area contributed by atoms with Crippen LogP contribution in [0, 0.1) is 0 Å². The summed E-state index contributed by atoms with van der Waals surface area (Å²) in [4.78, 5) is 20.1. The number of aromatic nitrogens is 3. The summed E-state index contributed by atoms with van der Waals surface area (Å²) in [5.41, 5.74) is 2.12. The Labute approximate surface area is 113 Å². The van der Waals surface area contributed by atoms with Crippen LogP contribution in [-0.2, 0) is 6.42 Å². The lowest BCUT2D eigenvalue weighted by Crippen LogP contribution is -2.16. The van der Waals surface area contributed by atoms with Crippen molar-refractivity contribution in [3.8, 4) is 5.82 Å².